The van der Waals surface area contributed by atoms with Crippen molar-refractivity contribution in [1.29, 1.82) is 0 Å². The quantitative estimate of drug-likeness (QED) is 0.528. The zero-order chi connectivity index (χ0) is 22.9. The first-order valence-corrected chi connectivity index (χ1v) is 10.4. The summed E-state index contributed by atoms with van der Waals surface area (Å²) in [6.07, 6.45) is -1.82. The number of alkyl halides is 1. The molecule has 0 aliphatic rings. The monoisotopic (exact) mass is 461 g/mol. The van der Waals surface area contributed by atoms with Crippen molar-refractivity contribution in [1.82, 2.24) is 0 Å². The van der Waals surface area contributed by atoms with Crippen molar-refractivity contribution in [2.45, 2.75) is 17.1 Å². The van der Waals surface area contributed by atoms with Crippen molar-refractivity contribution < 1.29 is 25.5 Å². The standard InChI is InChI=1S/C16H16O4.C8H9Cl2N/c1-20-16(14(17)15(18)19,12-8-4-2-5-9-12)13-10-6-3-7-11-13;9-7-3-1-6(2-4-7)8(10)5-11/h2-11,14,17H,1H3,(H,18,19);1-4,8H,5,11H2/t14-;8-/m11/s1. The molecule has 4 N–H and O–H groups in total. The largest absolute Gasteiger partial charge is 0.547 e. The van der Waals surface area contributed by atoms with Crippen LogP contribution < -0.4 is 10.8 Å². The minimum absolute atomic E-state index is 0.00673. The summed E-state index contributed by atoms with van der Waals surface area (Å²) in [5.74, 6) is -1.58. The predicted molar refractivity (Wildman–Crippen MR) is 119 cm³/mol. The van der Waals surface area contributed by atoms with Crippen molar-refractivity contribution in [3.05, 3.63) is 107 Å². The van der Waals surface area contributed by atoms with Gasteiger partial charge in [0.1, 0.15) is 17.1 Å². The molecular weight excluding hydrogens is 437 g/mol. The molecule has 0 saturated heterocycles. The lowest BCUT2D eigenvalue weighted by Gasteiger charge is -2.38. The van der Waals surface area contributed by atoms with E-state index in [1.165, 1.54) is 7.11 Å². The zero-order valence-corrected chi connectivity index (χ0v) is 18.6. The molecule has 3 aromatic rings. The molecule has 5 nitrogen and oxygen atoms in total. The molecule has 164 valence electrons. The van der Waals surface area contributed by atoms with Gasteiger partial charge in [0.25, 0.3) is 0 Å². The second-order valence-electron chi connectivity index (χ2n) is 6.70. The number of aliphatic carboxylic acids is 1. The van der Waals surface area contributed by atoms with E-state index in [4.69, 9.17) is 27.9 Å². The molecule has 0 spiro atoms. The SMILES string of the molecule is COC(c1ccccc1)(c1ccccc1)[C@H](O)C(=O)[O-].[NH3+]C[C@@H](Cl)c1ccc(Cl)cc1. The third-order valence-corrected chi connectivity index (χ3v) is 5.54. The topological polar surface area (TPSA) is 97.2 Å². The zero-order valence-electron chi connectivity index (χ0n) is 17.1. The van der Waals surface area contributed by atoms with Gasteiger partial charge in [0, 0.05) is 12.1 Å². The molecule has 7 heteroatoms. The van der Waals surface area contributed by atoms with Crippen LogP contribution in [0.1, 0.15) is 22.1 Å². The van der Waals surface area contributed by atoms with Gasteiger partial charge in [-0.15, -0.1) is 11.6 Å². The van der Waals surface area contributed by atoms with Crippen LogP contribution in [0.15, 0.2) is 84.9 Å². The smallest absolute Gasteiger partial charge is 0.149 e. The highest BCUT2D eigenvalue weighted by molar-refractivity contribution is 6.30. The second kappa shape index (κ2) is 11.8. The van der Waals surface area contributed by atoms with Crippen molar-refractivity contribution >= 4 is 29.2 Å². The molecule has 0 unspecified atom stereocenters. The van der Waals surface area contributed by atoms with Gasteiger partial charge in [0.2, 0.25) is 0 Å². The van der Waals surface area contributed by atoms with E-state index < -0.39 is 17.7 Å². The van der Waals surface area contributed by atoms with Gasteiger partial charge >= 0.3 is 0 Å². The van der Waals surface area contributed by atoms with Crippen LogP contribution in [0.2, 0.25) is 5.02 Å². The van der Waals surface area contributed by atoms with Crippen molar-refractivity contribution in [3.63, 3.8) is 0 Å². The van der Waals surface area contributed by atoms with Crippen LogP contribution in [-0.4, -0.2) is 30.8 Å². The molecule has 0 bridgehead atoms. The number of methoxy groups -OCH3 is 1. The summed E-state index contributed by atoms with van der Waals surface area (Å²) >= 11 is 11.6. The Bertz CT molecular complexity index is 897. The first kappa shape index (κ1) is 24.9. The van der Waals surface area contributed by atoms with E-state index in [1.807, 2.05) is 24.3 Å². The number of ether oxygens (including phenoxy) is 1. The molecule has 3 aromatic carbocycles. The van der Waals surface area contributed by atoms with Crippen LogP contribution in [0.3, 0.4) is 0 Å². The number of rotatable bonds is 7. The molecule has 0 aromatic heterocycles. The second-order valence-corrected chi connectivity index (χ2v) is 7.66. The van der Waals surface area contributed by atoms with Gasteiger partial charge in [-0.2, -0.15) is 0 Å². The molecule has 2 atom stereocenters. The van der Waals surface area contributed by atoms with Gasteiger partial charge in [-0.05, 0) is 28.8 Å². The van der Waals surface area contributed by atoms with E-state index in [9.17, 15) is 15.0 Å². The maximum absolute atomic E-state index is 11.2. The van der Waals surface area contributed by atoms with Gasteiger partial charge < -0.3 is 25.5 Å². The molecule has 0 fully saturated rings. The van der Waals surface area contributed by atoms with Crippen molar-refractivity contribution in [3.8, 4) is 0 Å². The molecule has 3 rings (SSSR count). The van der Waals surface area contributed by atoms with Crippen LogP contribution in [0.5, 0.6) is 0 Å². The Labute approximate surface area is 192 Å². The highest BCUT2D eigenvalue weighted by Crippen LogP contribution is 2.36. The lowest BCUT2D eigenvalue weighted by atomic mass is 9.81. The van der Waals surface area contributed by atoms with E-state index in [-0.39, 0.29) is 5.38 Å². The Hall–Kier alpha value is -2.41. The first-order chi connectivity index (χ1) is 14.9. The fourth-order valence-electron chi connectivity index (χ4n) is 3.21. The Kier molecular flexibility index (Phi) is 9.49. The minimum atomic E-state index is -1.82. The van der Waals surface area contributed by atoms with Crippen LogP contribution >= 0.6 is 23.2 Å². The number of carbonyl (C=O) groups excluding carboxylic acids is 1. The lowest BCUT2D eigenvalue weighted by Crippen LogP contribution is -2.52. The van der Waals surface area contributed by atoms with Crippen molar-refractivity contribution in [2.75, 3.05) is 13.7 Å². The molecule has 0 amide bonds. The van der Waals surface area contributed by atoms with Gasteiger partial charge in [0.05, 0.1) is 12.5 Å². The third kappa shape index (κ3) is 6.06. The fourth-order valence-corrected chi connectivity index (χ4v) is 3.48. The summed E-state index contributed by atoms with van der Waals surface area (Å²) in [4.78, 5) is 11.2. The highest BCUT2D eigenvalue weighted by Gasteiger charge is 2.42. The minimum Gasteiger partial charge on any atom is -0.547 e. The normalized spacial score (nSPS) is 12.9. The maximum Gasteiger partial charge on any atom is 0.149 e. The van der Waals surface area contributed by atoms with Gasteiger partial charge in [-0.1, -0.05) is 84.4 Å². The van der Waals surface area contributed by atoms with Crippen LogP contribution in [0.4, 0.5) is 0 Å². The molecule has 0 radical (unpaired) electrons. The molecule has 0 heterocycles. The predicted octanol–water partition coefficient (Wildman–Crippen LogP) is 2.55. The molecular formula is C24H25Cl2NO4. The van der Waals surface area contributed by atoms with Gasteiger partial charge in [0.15, 0.2) is 0 Å². The van der Waals surface area contributed by atoms with E-state index in [1.54, 1.807) is 60.7 Å². The lowest BCUT2D eigenvalue weighted by molar-refractivity contribution is -0.367. The van der Waals surface area contributed by atoms with E-state index >= 15 is 0 Å². The van der Waals surface area contributed by atoms with Crippen LogP contribution in [0, 0.1) is 0 Å². The molecule has 0 saturated carbocycles. The van der Waals surface area contributed by atoms with Crippen LogP contribution in [-0.2, 0) is 15.1 Å². The number of benzene rings is 3. The molecule has 0 aliphatic heterocycles. The summed E-state index contributed by atoms with van der Waals surface area (Å²) in [6, 6.07) is 25.0. The number of carbonyl (C=O) groups is 1. The van der Waals surface area contributed by atoms with Gasteiger partial charge in [-0.25, -0.2) is 0 Å². The number of hydrogen-bond donors (Lipinski definition) is 2. The third-order valence-electron chi connectivity index (χ3n) is 4.82. The Morgan fingerprint density at radius 2 is 1.45 bits per heavy atom. The average molecular weight is 462 g/mol. The average Bonchev–Trinajstić information content (AvgIpc) is 2.81. The number of aliphatic hydroxyl groups excluding tert-OH is 1. The number of hydrogen-bond acceptors (Lipinski definition) is 4. The number of quaternary nitrogens is 1. The Morgan fingerprint density at radius 1 is 1.00 bits per heavy atom. The Balaban J connectivity index is 0.000000262. The summed E-state index contributed by atoms with van der Waals surface area (Å²) < 4.78 is 5.46. The molecule has 31 heavy (non-hydrogen) atoms. The van der Waals surface area contributed by atoms with E-state index in [0.717, 1.165) is 10.6 Å². The van der Waals surface area contributed by atoms with Crippen molar-refractivity contribution in [2.24, 2.45) is 0 Å². The fraction of sp³-hybridized carbons (Fsp3) is 0.208. The number of carboxylic acids is 1. The number of carboxylic acid groups (broad SMARTS) is 1. The van der Waals surface area contributed by atoms with E-state index in [2.05, 4.69) is 5.73 Å². The maximum atomic E-state index is 11.2. The Morgan fingerprint density at radius 3 is 1.81 bits per heavy atom. The van der Waals surface area contributed by atoms with Crippen LogP contribution in [0.25, 0.3) is 0 Å². The number of aliphatic hydroxyl groups is 1. The first-order valence-electron chi connectivity index (χ1n) is 9.60. The summed E-state index contributed by atoms with van der Waals surface area (Å²) in [5, 5.41) is 22.1. The number of halogens is 2. The summed E-state index contributed by atoms with van der Waals surface area (Å²) in [7, 11) is 1.37. The van der Waals surface area contributed by atoms with E-state index in [0.29, 0.717) is 17.7 Å². The van der Waals surface area contributed by atoms with Gasteiger partial charge in [-0.3, -0.25) is 0 Å². The molecule has 0 aliphatic carbocycles. The summed E-state index contributed by atoms with van der Waals surface area (Å²) in [6.45, 7) is 0.698. The highest BCUT2D eigenvalue weighted by atomic mass is 35.5. The summed E-state index contributed by atoms with van der Waals surface area (Å²) in [5.41, 5.74) is 4.39.